The highest BCUT2D eigenvalue weighted by Crippen LogP contribution is 2.18. The highest BCUT2D eigenvalue weighted by molar-refractivity contribution is 5.13. The van der Waals surface area contributed by atoms with Gasteiger partial charge in [0.15, 0.2) is 0 Å². The van der Waals surface area contributed by atoms with Gasteiger partial charge in [-0.2, -0.15) is 0 Å². The second-order valence-corrected chi connectivity index (χ2v) is 4.03. The molecule has 0 saturated carbocycles. The molecule has 0 aromatic carbocycles. The number of rotatable bonds is 1. The van der Waals surface area contributed by atoms with Crippen molar-refractivity contribution in [2.75, 3.05) is 26.7 Å². The van der Waals surface area contributed by atoms with Gasteiger partial charge in [0.25, 0.3) is 0 Å². The van der Waals surface area contributed by atoms with Gasteiger partial charge in [-0.05, 0) is 20.9 Å². The van der Waals surface area contributed by atoms with Gasteiger partial charge in [0.05, 0.1) is 11.7 Å². The fourth-order valence-corrected chi connectivity index (χ4v) is 1.84. The number of imidazole rings is 1. The van der Waals surface area contributed by atoms with Crippen molar-refractivity contribution in [1.82, 2.24) is 20.2 Å². The molecular formula is C10H18N4. The number of H-pyrrole nitrogens is 1. The van der Waals surface area contributed by atoms with E-state index < -0.39 is 0 Å². The number of nitrogens with one attached hydrogen (secondary N) is 2. The van der Waals surface area contributed by atoms with Crippen LogP contribution in [0.3, 0.4) is 0 Å². The first-order chi connectivity index (χ1) is 6.68. The SMILES string of the molecule is Cc1nc(C2CNCCN2C)[nH]c1C. The molecule has 1 aliphatic heterocycles. The molecule has 2 N–H and O–H groups in total. The fraction of sp³-hybridized carbons (Fsp3) is 0.700. The van der Waals surface area contributed by atoms with E-state index >= 15 is 0 Å². The van der Waals surface area contributed by atoms with Crippen LogP contribution in [0.5, 0.6) is 0 Å². The van der Waals surface area contributed by atoms with E-state index in [2.05, 4.69) is 34.2 Å². The van der Waals surface area contributed by atoms with E-state index in [0.29, 0.717) is 6.04 Å². The first-order valence-corrected chi connectivity index (χ1v) is 5.12. The molecule has 1 aromatic rings. The minimum atomic E-state index is 0.399. The van der Waals surface area contributed by atoms with Crippen molar-refractivity contribution in [3.8, 4) is 0 Å². The number of piperazine rings is 1. The number of aromatic amines is 1. The molecule has 1 fully saturated rings. The summed E-state index contributed by atoms with van der Waals surface area (Å²) in [5.41, 5.74) is 2.29. The Hall–Kier alpha value is -0.870. The van der Waals surface area contributed by atoms with Crippen LogP contribution >= 0.6 is 0 Å². The molecule has 1 unspecified atom stereocenters. The standard InChI is InChI=1S/C10H18N4/c1-7-8(2)13-10(12-7)9-6-11-4-5-14(9)3/h9,11H,4-6H2,1-3H3,(H,12,13). The smallest absolute Gasteiger partial charge is 0.125 e. The Morgan fingerprint density at radius 3 is 2.79 bits per heavy atom. The van der Waals surface area contributed by atoms with Crippen molar-refractivity contribution in [1.29, 1.82) is 0 Å². The maximum Gasteiger partial charge on any atom is 0.125 e. The van der Waals surface area contributed by atoms with Crippen molar-refractivity contribution >= 4 is 0 Å². The lowest BCUT2D eigenvalue weighted by atomic mass is 10.2. The average Bonchev–Trinajstić information content (AvgIpc) is 2.48. The molecule has 1 aliphatic rings. The maximum absolute atomic E-state index is 4.55. The van der Waals surface area contributed by atoms with Gasteiger partial charge in [0.2, 0.25) is 0 Å². The Bertz CT molecular complexity index is 298. The summed E-state index contributed by atoms with van der Waals surface area (Å²) in [6, 6.07) is 0.399. The molecule has 0 spiro atoms. The molecule has 2 heterocycles. The van der Waals surface area contributed by atoms with Crippen LogP contribution < -0.4 is 5.32 Å². The van der Waals surface area contributed by atoms with Crippen molar-refractivity contribution in [2.45, 2.75) is 19.9 Å². The summed E-state index contributed by atoms with van der Waals surface area (Å²) >= 11 is 0. The third kappa shape index (κ3) is 1.67. The van der Waals surface area contributed by atoms with Crippen molar-refractivity contribution in [3.63, 3.8) is 0 Å². The molecule has 0 aliphatic carbocycles. The highest BCUT2D eigenvalue weighted by atomic mass is 15.2. The van der Waals surface area contributed by atoms with Crippen molar-refractivity contribution in [3.05, 3.63) is 17.2 Å². The summed E-state index contributed by atoms with van der Waals surface area (Å²) in [4.78, 5) is 10.2. The third-order valence-electron chi connectivity index (χ3n) is 2.97. The Morgan fingerprint density at radius 2 is 2.21 bits per heavy atom. The Morgan fingerprint density at radius 1 is 1.43 bits per heavy atom. The zero-order valence-corrected chi connectivity index (χ0v) is 9.09. The summed E-state index contributed by atoms with van der Waals surface area (Å²) in [6.45, 7) is 7.27. The number of hydrogen-bond acceptors (Lipinski definition) is 3. The monoisotopic (exact) mass is 194 g/mol. The predicted molar refractivity (Wildman–Crippen MR) is 56.3 cm³/mol. The largest absolute Gasteiger partial charge is 0.345 e. The zero-order chi connectivity index (χ0) is 10.1. The van der Waals surface area contributed by atoms with Crippen LogP contribution in [-0.2, 0) is 0 Å². The number of likely N-dealkylation sites (N-methyl/N-ethyl adjacent to an activating group) is 1. The van der Waals surface area contributed by atoms with E-state index in [1.807, 2.05) is 6.92 Å². The first kappa shape index (κ1) is 9.68. The van der Waals surface area contributed by atoms with Crippen LogP contribution in [0.2, 0.25) is 0 Å². The van der Waals surface area contributed by atoms with Crippen LogP contribution in [0.15, 0.2) is 0 Å². The topological polar surface area (TPSA) is 44.0 Å². The maximum atomic E-state index is 4.55. The second-order valence-electron chi connectivity index (χ2n) is 4.03. The van der Waals surface area contributed by atoms with Gasteiger partial charge >= 0.3 is 0 Å². The third-order valence-corrected chi connectivity index (χ3v) is 2.97. The van der Waals surface area contributed by atoms with Crippen LogP contribution in [0, 0.1) is 13.8 Å². The molecular weight excluding hydrogens is 176 g/mol. The van der Waals surface area contributed by atoms with Crippen LogP contribution in [0.25, 0.3) is 0 Å². The minimum absolute atomic E-state index is 0.399. The molecule has 1 aromatic heterocycles. The molecule has 4 nitrogen and oxygen atoms in total. The molecule has 4 heteroatoms. The van der Waals surface area contributed by atoms with Gasteiger partial charge in [-0.15, -0.1) is 0 Å². The van der Waals surface area contributed by atoms with E-state index in [1.165, 1.54) is 5.69 Å². The van der Waals surface area contributed by atoms with Crippen LogP contribution in [0.1, 0.15) is 23.3 Å². The summed E-state index contributed by atoms with van der Waals surface area (Å²) in [5.74, 6) is 1.09. The molecule has 0 amide bonds. The van der Waals surface area contributed by atoms with Crippen molar-refractivity contribution < 1.29 is 0 Å². The molecule has 0 radical (unpaired) electrons. The fourth-order valence-electron chi connectivity index (χ4n) is 1.84. The lowest BCUT2D eigenvalue weighted by molar-refractivity contribution is 0.195. The van der Waals surface area contributed by atoms with E-state index in [0.717, 1.165) is 31.2 Å². The van der Waals surface area contributed by atoms with E-state index in [9.17, 15) is 0 Å². The van der Waals surface area contributed by atoms with Crippen LogP contribution in [0.4, 0.5) is 0 Å². The zero-order valence-electron chi connectivity index (χ0n) is 9.09. The Balaban J connectivity index is 2.20. The molecule has 14 heavy (non-hydrogen) atoms. The van der Waals surface area contributed by atoms with E-state index in [1.54, 1.807) is 0 Å². The van der Waals surface area contributed by atoms with Gasteiger partial charge < -0.3 is 10.3 Å². The number of aromatic nitrogens is 2. The van der Waals surface area contributed by atoms with Gasteiger partial charge in [0, 0.05) is 25.3 Å². The van der Waals surface area contributed by atoms with E-state index in [4.69, 9.17) is 0 Å². The normalized spacial score (nSPS) is 24.1. The second kappa shape index (κ2) is 3.71. The number of aryl methyl sites for hydroxylation is 2. The number of hydrogen-bond donors (Lipinski definition) is 2. The van der Waals surface area contributed by atoms with E-state index in [-0.39, 0.29) is 0 Å². The highest BCUT2D eigenvalue weighted by Gasteiger charge is 2.23. The lowest BCUT2D eigenvalue weighted by Crippen LogP contribution is -2.44. The van der Waals surface area contributed by atoms with Gasteiger partial charge in [-0.25, -0.2) is 4.98 Å². The molecule has 78 valence electrons. The van der Waals surface area contributed by atoms with Gasteiger partial charge in [0.1, 0.15) is 5.82 Å². The van der Waals surface area contributed by atoms with Crippen molar-refractivity contribution in [2.24, 2.45) is 0 Å². The molecule has 0 bridgehead atoms. The summed E-state index contributed by atoms with van der Waals surface area (Å²) in [7, 11) is 2.15. The predicted octanol–water partition coefficient (Wildman–Crippen LogP) is 0.603. The summed E-state index contributed by atoms with van der Waals surface area (Å²) in [6.07, 6.45) is 0. The summed E-state index contributed by atoms with van der Waals surface area (Å²) < 4.78 is 0. The summed E-state index contributed by atoms with van der Waals surface area (Å²) in [5, 5.41) is 3.39. The molecule has 1 saturated heterocycles. The lowest BCUT2D eigenvalue weighted by Gasteiger charge is -2.31. The first-order valence-electron chi connectivity index (χ1n) is 5.12. The molecule has 1 atom stereocenters. The Kier molecular flexibility index (Phi) is 2.56. The van der Waals surface area contributed by atoms with Gasteiger partial charge in [-0.1, -0.05) is 0 Å². The number of nitrogens with zero attached hydrogens (tertiary/aromatic N) is 2. The minimum Gasteiger partial charge on any atom is -0.345 e. The van der Waals surface area contributed by atoms with Crippen LogP contribution in [-0.4, -0.2) is 41.5 Å². The Labute approximate surface area is 84.7 Å². The average molecular weight is 194 g/mol. The quantitative estimate of drug-likeness (QED) is 0.688. The van der Waals surface area contributed by atoms with Gasteiger partial charge in [-0.3, -0.25) is 4.90 Å². The molecule has 2 rings (SSSR count).